The largest absolute Gasteiger partial charge is 0.339 e. The van der Waals surface area contributed by atoms with Gasteiger partial charge in [-0.05, 0) is 44.0 Å². The fourth-order valence-corrected chi connectivity index (χ4v) is 3.56. The van der Waals surface area contributed by atoms with Crippen molar-refractivity contribution in [2.75, 3.05) is 13.1 Å². The Balaban J connectivity index is 1.45. The van der Waals surface area contributed by atoms with Gasteiger partial charge in [0.1, 0.15) is 11.6 Å². The van der Waals surface area contributed by atoms with Crippen molar-refractivity contribution in [1.29, 1.82) is 0 Å². The number of hydrogen-bond donors (Lipinski definition) is 0. The molecule has 0 spiro atoms. The lowest BCUT2D eigenvalue weighted by Gasteiger charge is -2.32. The molecule has 0 radical (unpaired) electrons. The topological polar surface area (TPSA) is 51.0 Å². The van der Waals surface area contributed by atoms with E-state index in [0.29, 0.717) is 5.92 Å². The van der Waals surface area contributed by atoms with E-state index in [1.54, 1.807) is 6.20 Å². The Hall–Kier alpha value is -2.95. The molecular formula is C21H22N4O. The number of rotatable bonds is 3. The fourth-order valence-electron chi connectivity index (χ4n) is 3.56. The molecule has 26 heavy (non-hydrogen) atoms. The first-order chi connectivity index (χ1) is 12.7. The molecule has 0 saturated carbocycles. The summed E-state index contributed by atoms with van der Waals surface area (Å²) in [7, 11) is 0. The standard InChI is InChI=1S/C21H22N4O/c1-16-22-12-15-25(16)20-9-5-8-19(23-20)17-10-13-24(14-11-17)21(26)18-6-3-2-4-7-18/h2-9,12,15,17H,10-11,13-14H2,1H3. The number of likely N-dealkylation sites (tertiary alicyclic amines) is 1. The molecule has 2 aromatic heterocycles. The number of hydrogen-bond acceptors (Lipinski definition) is 3. The number of pyridine rings is 1. The fraction of sp³-hybridized carbons (Fsp3) is 0.286. The van der Waals surface area contributed by atoms with E-state index in [-0.39, 0.29) is 5.91 Å². The minimum atomic E-state index is 0.125. The van der Waals surface area contributed by atoms with Crippen LogP contribution in [0.2, 0.25) is 0 Å². The zero-order valence-corrected chi connectivity index (χ0v) is 14.9. The second-order valence-electron chi connectivity index (χ2n) is 6.70. The summed E-state index contributed by atoms with van der Waals surface area (Å²) in [5.74, 6) is 2.34. The van der Waals surface area contributed by atoms with Crippen molar-refractivity contribution in [3.8, 4) is 5.82 Å². The van der Waals surface area contributed by atoms with Crippen molar-refractivity contribution >= 4 is 5.91 Å². The van der Waals surface area contributed by atoms with Crippen LogP contribution in [0.25, 0.3) is 5.82 Å². The number of piperidine rings is 1. The molecule has 1 aliphatic heterocycles. The molecule has 1 aromatic carbocycles. The SMILES string of the molecule is Cc1nccn1-c1cccc(C2CCN(C(=O)c3ccccc3)CC2)n1. The molecule has 0 aliphatic carbocycles. The number of carbonyl (C=O) groups is 1. The molecule has 5 nitrogen and oxygen atoms in total. The summed E-state index contributed by atoms with van der Waals surface area (Å²) < 4.78 is 2.00. The van der Waals surface area contributed by atoms with Crippen LogP contribution in [0.3, 0.4) is 0 Å². The van der Waals surface area contributed by atoms with E-state index in [4.69, 9.17) is 4.98 Å². The molecule has 1 aliphatic rings. The summed E-state index contributed by atoms with van der Waals surface area (Å²) in [5, 5.41) is 0. The highest BCUT2D eigenvalue weighted by atomic mass is 16.2. The van der Waals surface area contributed by atoms with Crippen LogP contribution >= 0.6 is 0 Å². The van der Waals surface area contributed by atoms with Gasteiger partial charge in [0.2, 0.25) is 0 Å². The first kappa shape index (κ1) is 16.5. The summed E-state index contributed by atoms with van der Waals surface area (Å²) >= 11 is 0. The van der Waals surface area contributed by atoms with Crippen LogP contribution in [0.1, 0.15) is 40.6 Å². The van der Waals surface area contributed by atoms with Gasteiger partial charge in [-0.2, -0.15) is 0 Å². The number of carbonyl (C=O) groups excluding carboxylic acids is 1. The van der Waals surface area contributed by atoms with E-state index in [9.17, 15) is 4.79 Å². The minimum Gasteiger partial charge on any atom is -0.339 e. The summed E-state index contributed by atoms with van der Waals surface area (Å²) in [6, 6.07) is 15.7. The Bertz CT molecular complexity index is 895. The molecule has 3 aromatic rings. The van der Waals surface area contributed by atoms with Crippen LogP contribution in [0.15, 0.2) is 60.9 Å². The van der Waals surface area contributed by atoms with Crippen molar-refractivity contribution < 1.29 is 4.79 Å². The third kappa shape index (κ3) is 3.25. The van der Waals surface area contributed by atoms with Gasteiger partial charge in [0, 0.05) is 42.7 Å². The number of benzene rings is 1. The van der Waals surface area contributed by atoms with Crippen molar-refractivity contribution in [2.24, 2.45) is 0 Å². The van der Waals surface area contributed by atoms with Crippen molar-refractivity contribution in [1.82, 2.24) is 19.4 Å². The zero-order chi connectivity index (χ0) is 17.9. The molecule has 0 atom stereocenters. The molecule has 0 unspecified atom stereocenters. The van der Waals surface area contributed by atoms with E-state index in [1.807, 2.05) is 59.0 Å². The highest BCUT2D eigenvalue weighted by Crippen LogP contribution is 2.28. The first-order valence-corrected chi connectivity index (χ1v) is 9.04. The zero-order valence-electron chi connectivity index (χ0n) is 14.9. The Morgan fingerprint density at radius 1 is 1.04 bits per heavy atom. The van der Waals surface area contributed by atoms with Gasteiger partial charge in [-0.3, -0.25) is 9.36 Å². The maximum Gasteiger partial charge on any atom is 0.253 e. The second kappa shape index (κ2) is 7.12. The molecule has 0 N–H and O–H groups in total. The molecule has 1 amide bonds. The first-order valence-electron chi connectivity index (χ1n) is 9.04. The van der Waals surface area contributed by atoms with E-state index >= 15 is 0 Å². The number of aromatic nitrogens is 3. The van der Waals surface area contributed by atoms with Crippen LogP contribution < -0.4 is 0 Å². The molecular weight excluding hydrogens is 324 g/mol. The van der Waals surface area contributed by atoms with Gasteiger partial charge in [0.05, 0.1) is 0 Å². The Kier molecular flexibility index (Phi) is 4.52. The van der Waals surface area contributed by atoms with Crippen LogP contribution in [-0.4, -0.2) is 38.4 Å². The van der Waals surface area contributed by atoms with Crippen LogP contribution in [0.4, 0.5) is 0 Å². The highest BCUT2D eigenvalue weighted by molar-refractivity contribution is 5.94. The summed E-state index contributed by atoms with van der Waals surface area (Å²) in [5.41, 5.74) is 1.86. The molecule has 5 heteroatoms. The van der Waals surface area contributed by atoms with Gasteiger partial charge in [-0.1, -0.05) is 24.3 Å². The Morgan fingerprint density at radius 3 is 2.50 bits per heavy atom. The van der Waals surface area contributed by atoms with Gasteiger partial charge in [-0.15, -0.1) is 0 Å². The Morgan fingerprint density at radius 2 is 1.81 bits per heavy atom. The number of imidazole rings is 1. The number of amides is 1. The third-order valence-corrected chi connectivity index (χ3v) is 5.05. The van der Waals surface area contributed by atoms with Crippen molar-refractivity contribution in [3.63, 3.8) is 0 Å². The molecule has 132 valence electrons. The quantitative estimate of drug-likeness (QED) is 0.728. The van der Waals surface area contributed by atoms with Gasteiger partial charge >= 0.3 is 0 Å². The van der Waals surface area contributed by atoms with Gasteiger partial charge < -0.3 is 4.90 Å². The Labute approximate surface area is 153 Å². The molecule has 1 saturated heterocycles. The second-order valence-corrected chi connectivity index (χ2v) is 6.70. The van der Waals surface area contributed by atoms with E-state index < -0.39 is 0 Å². The minimum absolute atomic E-state index is 0.125. The third-order valence-electron chi connectivity index (χ3n) is 5.05. The van der Waals surface area contributed by atoms with Crippen LogP contribution in [0, 0.1) is 6.92 Å². The number of nitrogens with zero attached hydrogens (tertiary/aromatic N) is 4. The molecule has 4 rings (SSSR count). The van der Waals surface area contributed by atoms with Crippen molar-refractivity contribution in [2.45, 2.75) is 25.7 Å². The van der Waals surface area contributed by atoms with Crippen molar-refractivity contribution in [3.05, 3.63) is 78.0 Å². The predicted molar refractivity (Wildman–Crippen MR) is 100 cm³/mol. The lowest BCUT2D eigenvalue weighted by molar-refractivity contribution is 0.0712. The summed E-state index contributed by atoms with van der Waals surface area (Å²) in [4.78, 5) is 23.7. The van der Waals surface area contributed by atoms with E-state index in [2.05, 4.69) is 17.1 Å². The van der Waals surface area contributed by atoms with Crippen LogP contribution in [0.5, 0.6) is 0 Å². The predicted octanol–water partition coefficient (Wildman–Crippen LogP) is 3.60. The molecule has 3 heterocycles. The van der Waals surface area contributed by atoms with Gasteiger partial charge in [0.15, 0.2) is 0 Å². The summed E-state index contributed by atoms with van der Waals surface area (Å²) in [6.45, 7) is 3.52. The molecule has 1 fully saturated rings. The molecule has 0 bridgehead atoms. The van der Waals surface area contributed by atoms with Gasteiger partial charge in [0.25, 0.3) is 5.91 Å². The lowest BCUT2D eigenvalue weighted by Crippen LogP contribution is -2.38. The maximum atomic E-state index is 12.6. The normalized spacial score (nSPS) is 15.2. The van der Waals surface area contributed by atoms with E-state index in [1.165, 1.54) is 0 Å². The highest BCUT2D eigenvalue weighted by Gasteiger charge is 2.25. The smallest absolute Gasteiger partial charge is 0.253 e. The maximum absolute atomic E-state index is 12.6. The van der Waals surface area contributed by atoms with Crippen LogP contribution in [-0.2, 0) is 0 Å². The van der Waals surface area contributed by atoms with E-state index in [0.717, 1.165) is 48.8 Å². The number of aryl methyl sites for hydroxylation is 1. The summed E-state index contributed by atoms with van der Waals surface area (Å²) in [6.07, 6.45) is 5.61. The average molecular weight is 346 g/mol. The van der Waals surface area contributed by atoms with Gasteiger partial charge in [-0.25, -0.2) is 9.97 Å². The monoisotopic (exact) mass is 346 g/mol. The lowest BCUT2D eigenvalue weighted by atomic mass is 9.92. The average Bonchev–Trinajstić information content (AvgIpc) is 3.14.